The Bertz CT molecular complexity index is 452. The van der Waals surface area contributed by atoms with Crippen LogP contribution in [0.5, 0.6) is 0 Å². The van der Waals surface area contributed by atoms with E-state index >= 15 is 0 Å². The summed E-state index contributed by atoms with van der Waals surface area (Å²) < 4.78 is 13.5. The van der Waals surface area contributed by atoms with Gasteiger partial charge in [-0.1, -0.05) is 0 Å². The van der Waals surface area contributed by atoms with Crippen LogP contribution in [-0.2, 0) is 0 Å². The molecule has 1 aromatic carbocycles. The standard InChI is InChI=1S/C14H18FNO/c1-9-7-14(16(3)11-5-4-6-11)12(10(2)17)8-13(9)15/h7-8,11H,4-6H2,1-3H3. The predicted molar refractivity (Wildman–Crippen MR) is 67.2 cm³/mol. The van der Waals surface area contributed by atoms with E-state index in [2.05, 4.69) is 4.90 Å². The van der Waals surface area contributed by atoms with Crippen LogP contribution in [0.25, 0.3) is 0 Å². The van der Waals surface area contributed by atoms with Crippen LogP contribution in [0.1, 0.15) is 42.1 Å². The molecule has 2 rings (SSSR count). The second-order valence-electron chi connectivity index (χ2n) is 4.87. The molecule has 0 atom stereocenters. The number of carbonyl (C=O) groups excluding carboxylic acids is 1. The number of ketones is 1. The number of carbonyl (C=O) groups is 1. The van der Waals surface area contributed by atoms with Gasteiger partial charge in [-0.25, -0.2) is 4.39 Å². The highest BCUT2D eigenvalue weighted by atomic mass is 19.1. The fourth-order valence-corrected chi connectivity index (χ4v) is 2.21. The molecule has 3 heteroatoms. The molecule has 1 saturated carbocycles. The van der Waals surface area contributed by atoms with Gasteiger partial charge in [0, 0.05) is 24.3 Å². The second kappa shape index (κ2) is 4.47. The maximum absolute atomic E-state index is 13.5. The summed E-state index contributed by atoms with van der Waals surface area (Å²) in [4.78, 5) is 13.7. The number of benzene rings is 1. The van der Waals surface area contributed by atoms with E-state index in [0.29, 0.717) is 17.2 Å². The van der Waals surface area contributed by atoms with Crippen LogP contribution in [0.15, 0.2) is 12.1 Å². The number of hydrogen-bond donors (Lipinski definition) is 0. The van der Waals surface area contributed by atoms with Gasteiger partial charge in [-0.2, -0.15) is 0 Å². The minimum absolute atomic E-state index is 0.0786. The second-order valence-corrected chi connectivity index (χ2v) is 4.87. The van der Waals surface area contributed by atoms with Gasteiger partial charge in [-0.3, -0.25) is 4.79 Å². The molecular weight excluding hydrogens is 217 g/mol. The van der Waals surface area contributed by atoms with Gasteiger partial charge in [0.2, 0.25) is 0 Å². The van der Waals surface area contributed by atoms with E-state index in [-0.39, 0.29) is 11.6 Å². The summed E-state index contributed by atoms with van der Waals surface area (Å²) in [7, 11) is 1.99. The Morgan fingerprint density at radius 3 is 2.53 bits per heavy atom. The van der Waals surface area contributed by atoms with Crippen LogP contribution in [0.4, 0.5) is 10.1 Å². The maximum atomic E-state index is 13.5. The molecule has 1 aliphatic rings. The molecule has 0 spiro atoms. The summed E-state index contributed by atoms with van der Waals surface area (Å²) in [6, 6.07) is 3.64. The zero-order valence-electron chi connectivity index (χ0n) is 10.6. The lowest BCUT2D eigenvalue weighted by Crippen LogP contribution is -2.38. The third-order valence-electron chi connectivity index (χ3n) is 3.66. The molecule has 1 fully saturated rings. The zero-order chi connectivity index (χ0) is 12.6. The van der Waals surface area contributed by atoms with Crippen molar-refractivity contribution in [2.75, 3.05) is 11.9 Å². The van der Waals surface area contributed by atoms with E-state index < -0.39 is 0 Å². The Morgan fingerprint density at radius 2 is 2.06 bits per heavy atom. The molecule has 0 radical (unpaired) electrons. The fourth-order valence-electron chi connectivity index (χ4n) is 2.21. The third-order valence-corrected chi connectivity index (χ3v) is 3.66. The lowest BCUT2D eigenvalue weighted by molar-refractivity contribution is 0.101. The average molecular weight is 235 g/mol. The van der Waals surface area contributed by atoms with Crippen molar-refractivity contribution < 1.29 is 9.18 Å². The Morgan fingerprint density at radius 1 is 1.41 bits per heavy atom. The summed E-state index contributed by atoms with van der Waals surface area (Å²) in [5.74, 6) is -0.383. The number of rotatable bonds is 3. The van der Waals surface area contributed by atoms with Crippen molar-refractivity contribution in [2.24, 2.45) is 0 Å². The number of Topliss-reactive ketones (excluding diaryl/α,β-unsaturated/α-hetero) is 1. The molecule has 0 aromatic heterocycles. The molecule has 92 valence electrons. The molecule has 2 nitrogen and oxygen atoms in total. The molecule has 0 unspecified atom stereocenters. The van der Waals surface area contributed by atoms with Gasteiger partial charge in [0.05, 0.1) is 0 Å². The highest BCUT2D eigenvalue weighted by Crippen LogP contribution is 2.32. The summed E-state index contributed by atoms with van der Waals surface area (Å²) >= 11 is 0. The smallest absolute Gasteiger partial charge is 0.161 e. The average Bonchev–Trinajstić information content (AvgIpc) is 2.18. The molecule has 0 N–H and O–H groups in total. The Balaban J connectivity index is 2.42. The van der Waals surface area contributed by atoms with E-state index in [1.165, 1.54) is 19.4 Å². The molecule has 0 aliphatic heterocycles. The Hall–Kier alpha value is -1.38. The zero-order valence-corrected chi connectivity index (χ0v) is 10.6. The number of halogens is 1. The number of nitrogens with zero attached hydrogens (tertiary/aromatic N) is 1. The van der Waals surface area contributed by atoms with Crippen LogP contribution in [0.2, 0.25) is 0 Å². The molecule has 1 aliphatic carbocycles. The van der Waals surface area contributed by atoms with Gasteiger partial charge >= 0.3 is 0 Å². The van der Waals surface area contributed by atoms with Crippen molar-refractivity contribution >= 4 is 11.5 Å². The van der Waals surface area contributed by atoms with E-state index in [0.717, 1.165) is 18.5 Å². The summed E-state index contributed by atoms with van der Waals surface area (Å²) in [6.07, 6.45) is 3.55. The van der Waals surface area contributed by atoms with Gasteiger partial charge in [0.1, 0.15) is 5.82 Å². The monoisotopic (exact) mass is 235 g/mol. The minimum atomic E-state index is -0.305. The van der Waals surface area contributed by atoms with Crippen LogP contribution in [0.3, 0.4) is 0 Å². The largest absolute Gasteiger partial charge is 0.371 e. The molecule has 0 saturated heterocycles. The van der Waals surface area contributed by atoms with Crippen molar-refractivity contribution in [2.45, 2.75) is 39.2 Å². The first-order valence-corrected chi connectivity index (χ1v) is 6.04. The Kier molecular flexibility index (Phi) is 3.18. The molecule has 0 amide bonds. The molecular formula is C14H18FNO. The van der Waals surface area contributed by atoms with Crippen molar-refractivity contribution in [3.05, 3.63) is 29.1 Å². The van der Waals surface area contributed by atoms with Crippen molar-refractivity contribution in [1.82, 2.24) is 0 Å². The molecule has 0 bridgehead atoms. The van der Waals surface area contributed by atoms with Crippen molar-refractivity contribution in [3.8, 4) is 0 Å². The lowest BCUT2D eigenvalue weighted by Gasteiger charge is -2.37. The first-order valence-electron chi connectivity index (χ1n) is 6.04. The maximum Gasteiger partial charge on any atom is 0.161 e. The quantitative estimate of drug-likeness (QED) is 0.749. The van der Waals surface area contributed by atoms with Gasteiger partial charge in [-0.15, -0.1) is 0 Å². The lowest BCUT2D eigenvalue weighted by atomic mass is 9.90. The van der Waals surface area contributed by atoms with Crippen LogP contribution in [-0.4, -0.2) is 18.9 Å². The molecule has 17 heavy (non-hydrogen) atoms. The predicted octanol–water partition coefficient (Wildman–Crippen LogP) is 3.33. The Labute approximate surface area is 101 Å². The van der Waals surface area contributed by atoms with E-state index in [4.69, 9.17) is 0 Å². The van der Waals surface area contributed by atoms with Crippen LogP contribution in [0, 0.1) is 12.7 Å². The van der Waals surface area contributed by atoms with Gasteiger partial charge in [0.25, 0.3) is 0 Å². The minimum Gasteiger partial charge on any atom is -0.371 e. The first kappa shape index (κ1) is 12.1. The highest BCUT2D eigenvalue weighted by molar-refractivity contribution is 6.00. The van der Waals surface area contributed by atoms with Crippen molar-refractivity contribution in [1.29, 1.82) is 0 Å². The summed E-state index contributed by atoms with van der Waals surface area (Å²) in [6.45, 7) is 3.22. The van der Waals surface area contributed by atoms with Crippen molar-refractivity contribution in [3.63, 3.8) is 0 Å². The van der Waals surface area contributed by atoms with E-state index in [9.17, 15) is 9.18 Å². The summed E-state index contributed by atoms with van der Waals surface area (Å²) in [5.41, 5.74) is 1.94. The van der Waals surface area contributed by atoms with Gasteiger partial charge < -0.3 is 4.90 Å². The topological polar surface area (TPSA) is 20.3 Å². The van der Waals surface area contributed by atoms with Gasteiger partial charge in [-0.05, 0) is 50.8 Å². The number of anilines is 1. The number of aryl methyl sites for hydroxylation is 1. The third kappa shape index (κ3) is 2.19. The molecule has 1 aromatic rings. The van der Waals surface area contributed by atoms with Crippen LogP contribution < -0.4 is 4.90 Å². The molecule has 0 heterocycles. The van der Waals surface area contributed by atoms with Gasteiger partial charge in [0.15, 0.2) is 5.78 Å². The van der Waals surface area contributed by atoms with Crippen LogP contribution >= 0.6 is 0 Å². The SMILES string of the molecule is CC(=O)c1cc(F)c(C)cc1N(C)C1CCC1. The van der Waals surface area contributed by atoms with E-state index in [1.54, 1.807) is 13.0 Å². The highest BCUT2D eigenvalue weighted by Gasteiger charge is 2.25. The normalized spacial score (nSPS) is 15.5. The van der Waals surface area contributed by atoms with E-state index in [1.807, 2.05) is 7.05 Å². The number of hydrogen-bond acceptors (Lipinski definition) is 2. The fraction of sp³-hybridized carbons (Fsp3) is 0.500. The summed E-state index contributed by atoms with van der Waals surface area (Å²) in [5, 5.41) is 0. The first-order chi connectivity index (χ1) is 8.00.